The molecule has 0 bridgehead atoms. The van der Waals surface area contributed by atoms with Crippen LogP contribution in [-0.2, 0) is 22.6 Å². The van der Waals surface area contributed by atoms with Crippen LogP contribution >= 0.6 is 0 Å². The first-order valence-electron chi connectivity index (χ1n) is 9.52. The van der Waals surface area contributed by atoms with E-state index < -0.39 is 11.7 Å². The third-order valence-corrected chi connectivity index (χ3v) is 4.30. The predicted octanol–water partition coefficient (Wildman–Crippen LogP) is 4.86. The number of aromatic amines is 1. The number of aromatic nitrogens is 1. The van der Waals surface area contributed by atoms with Crippen LogP contribution in [-0.4, -0.2) is 22.6 Å². The number of rotatable bonds is 5. The zero-order chi connectivity index (χ0) is 21.0. The largest absolute Gasteiger partial charge is 0.457 e. The van der Waals surface area contributed by atoms with Gasteiger partial charge < -0.3 is 19.8 Å². The summed E-state index contributed by atoms with van der Waals surface area (Å²) in [7, 11) is 0. The maximum Gasteiger partial charge on any atom is 0.407 e. The van der Waals surface area contributed by atoms with E-state index in [9.17, 15) is 9.59 Å². The van der Waals surface area contributed by atoms with Gasteiger partial charge >= 0.3 is 12.1 Å². The molecule has 29 heavy (non-hydrogen) atoms. The summed E-state index contributed by atoms with van der Waals surface area (Å²) in [5.74, 6) is -0.380. The lowest BCUT2D eigenvalue weighted by Crippen LogP contribution is -2.32. The molecule has 0 aliphatic carbocycles. The molecular formula is C23H26N2O4. The molecule has 0 atom stereocenters. The van der Waals surface area contributed by atoms with E-state index in [2.05, 4.69) is 10.3 Å². The predicted molar refractivity (Wildman–Crippen MR) is 112 cm³/mol. The highest BCUT2D eigenvalue weighted by Gasteiger charge is 2.19. The number of benzene rings is 2. The molecule has 152 valence electrons. The minimum Gasteiger partial charge on any atom is -0.457 e. The van der Waals surface area contributed by atoms with Crippen LogP contribution in [0.15, 0.2) is 48.5 Å². The van der Waals surface area contributed by atoms with Gasteiger partial charge in [-0.25, -0.2) is 9.59 Å². The van der Waals surface area contributed by atoms with Crippen molar-refractivity contribution in [2.75, 3.05) is 0 Å². The number of amides is 1. The van der Waals surface area contributed by atoms with E-state index in [1.54, 1.807) is 0 Å². The molecule has 6 nitrogen and oxygen atoms in total. The Morgan fingerprint density at radius 3 is 2.45 bits per heavy atom. The molecular weight excluding hydrogens is 368 g/mol. The van der Waals surface area contributed by atoms with Gasteiger partial charge in [-0.05, 0) is 51.0 Å². The molecule has 0 aliphatic heterocycles. The topological polar surface area (TPSA) is 80.4 Å². The Kier molecular flexibility index (Phi) is 5.92. The van der Waals surface area contributed by atoms with Crippen LogP contribution in [0.4, 0.5) is 4.79 Å². The summed E-state index contributed by atoms with van der Waals surface area (Å²) in [6.45, 7) is 7.80. The normalized spacial score (nSPS) is 11.3. The third-order valence-electron chi connectivity index (χ3n) is 4.30. The molecule has 0 saturated heterocycles. The van der Waals surface area contributed by atoms with Crippen molar-refractivity contribution in [3.05, 3.63) is 70.9 Å². The molecule has 1 aromatic heterocycles. The Morgan fingerprint density at radius 2 is 1.76 bits per heavy atom. The summed E-state index contributed by atoms with van der Waals surface area (Å²) in [6, 6.07) is 15.2. The molecule has 0 radical (unpaired) electrons. The van der Waals surface area contributed by atoms with E-state index in [1.165, 1.54) is 0 Å². The number of carbonyl (C=O) groups is 2. The molecule has 0 spiro atoms. The molecule has 2 N–H and O–H groups in total. The van der Waals surface area contributed by atoms with Crippen molar-refractivity contribution in [3.8, 4) is 0 Å². The Balaban J connectivity index is 1.74. The molecule has 2 aromatic carbocycles. The van der Waals surface area contributed by atoms with Crippen molar-refractivity contribution in [3.63, 3.8) is 0 Å². The van der Waals surface area contributed by atoms with Gasteiger partial charge in [0.15, 0.2) is 0 Å². The Morgan fingerprint density at radius 1 is 1.03 bits per heavy atom. The average Bonchev–Trinajstić information content (AvgIpc) is 2.99. The zero-order valence-electron chi connectivity index (χ0n) is 17.2. The van der Waals surface area contributed by atoms with Crippen molar-refractivity contribution in [2.45, 2.75) is 46.4 Å². The molecule has 0 saturated carbocycles. The fourth-order valence-corrected chi connectivity index (χ4v) is 3.03. The van der Waals surface area contributed by atoms with Crippen molar-refractivity contribution < 1.29 is 19.1 Å². The third kappa shape index (κ3) is 5.38. The van der Waals surface area contributed by atoms with Crippen LogP contribution in [0.2, 0.25) is 0 Å². The van der Waals surface area contributed by atoms with E-state index in [-0.39, 0.29) is 12.6 Å². The fourth-order valence-electron chi connectivity index (χ4n) is 3.03. The van der Waals surface area contributed by atoms with E-state index in [4.69, 9.17) is 9.47 Å². The first-order chi connectivity index (χ1) is 13.7. The molecule has 3 rings (SSSR count). The second-order valence-corrected chi connectivity index (χ2v) is 7.92. The monoisotopic (exact) mass is 394 g/mol. The van der Waals surface area contributed by atoms with Gasteiger partial charge in [0, 0.05) is 23.1 Å². The molecule has 0 fully saturated rings. The number of nitrogens with one attached hydrogen (secondary N) is 2. The van der Waals surface area contributed by atoms with E-state index in [0.717, 1.165) is 27.7 Å². The van der Waals surface area contributed by atoms with Crippen LogP contribution in [0.3, 0.4) is 0 Å². The smallest absolute Gasteiger partial charge is 0.407 e. The van der Waals surface area contributed by atoms with Gasteiger partial charge in [0.1, 0.15) is 12.2 Å². The standard InChI is InChI=1S/C23H26N2O4/c1-15-20(21(26)28-14-16-8-6-5-7-9-16)18-12-17(10-11-19(18)25-15)13-24-22(27)29-23(2,3)4/h5-12,25H,13-14H2,1-4H3,(H,24,27). The summed E-state index contributed by atoms with van der Waals surface area (Å²) in [4.78, 5) is 27.8. The number of alkyl carbamates (subject to hydrolysis) is 1. The average molecular weight is 394 g/mol. The summed E-state index contributed by atoms with van der Waals surface area (Å²) in [5, 5.41) is 3.50. The highest BCUT2D eigenvalue weighted by molar-refractivity contribution is 6.05. The van der Waals surface area contributed by atoms with Crippen molar-refractivity contribution in [2.24, 2.45) is 0 Å². The Labute approximate surface area is 170 Å². The molecule has 1 heterocycles. The van der Waals surface area contributed by atoms with Crippen molar-refractivity contribution >= 4 is 23.0 Å². The van der Waals surface area contributed by atoms with Crippen molar-refractivity contribution in [1.82, 2.24) is 10.3 Å². The van der Waals surface area contributed by atoms with E-state index >= 15 is 0 Å². The molecule has 0 unspecified atom stereocenters. The maximum atomic E-state index is 12.7. The zero-order valence-corrected chi connectivity index (χ0v) is 17.2. The van der Waals surface area contributed by atoms with Gasteiger partial charge in [-0.15, -0.1) is 0 Å². The molecule has 0 aliphatic rings. The lowest BCUT2D eigenvalue weighted by atomic mass is 10.1. The number of fused-ring (bicyclic) bond motifs is 1. The number of carbonyl (C=O) groups excluding carboxylic acids is 2. The Hall–Kier alpha value is -3.28. The molecule has 3 aromatic rings. The summed E-state index contributed by atoms with van der Waals surface area (Å²) >= 11 is 0. The second kappa shape index (κ2) is 8.39. The minimum atomic E-state index is -0.554. The van der Waals surface area contributed by atoms with Crippen LogP contribution in [0.25, 0.3) is 10.9 Å². The summed E-state index contributed by atoms with van der Waals surface area (Å²) in [5.41, 5.74) is 3.34. The summed E-state index contributed by atoms with van der Waals surface area (Å²) in [6.07, 6.45) is -0.481. The van der Waals surface area contributed by atoms with Crippen LogP contribution in [0, 0.1) is 6.92 Å². The van der Waals surface area contributed by atoms with Gasteiger partial charge in [-0.3, -0.25) is 0 Å². The van der Waals surface area contributed by atoms with Gasteiger partial charge in [0.25, 0.3) is 0 Å². The number of hydrogen-bond donors (Lipinski definition) is 2. The highest BCUT2D eigenvalue weighted by atomic mass is 16.6. The van der Waals surface area contributed by atoms with Crippen LogP contribution < -0.4 is 5.32 Å². The minimum absolute atomic E-state index is 0.214. The lowest BCUT2D eigenvalue weighted by Gasteiger charge is -2.19. The van der Waals surface area contributed by atoms with Crippen LogP contribution in [0.1, 0.15) is 48.0 Å². The Bertz CT molecular complexity index is 1020. The van der Waals surface area contributed by atoms with Crippen LogP contribution in [0.5, 0.6) is 0 Å². The second-order valence-electron chi connectivity index (χ2n) is 7.92. The number of ether oxygens (including phenoxy) is 2. The number of hydrogen-bond acceptors (Lipinski definition) is 4. The van der Waals surface area contributed by atoms with E-state index in [1.807, 2.05) is 76.2 Å². The quantitative estimate of drug-likeness (QED) is 0.606. The first-order valence-corrected chi connectivity index (χ1v) is 9.52. The first kappa shape index (κ1) is 20.5. The van der Waals surface area contributed by atoms with Gasteiger partial charge in [0.05, 0.1) is 5.56 Å². The van der Waals surface area contributed by atoms with E-state index in [0.29, 0.717) is 12.1 Å². The highest BCUT2D eigenvalue weighted by Crippen LogP contribution is 2.25. The van der Waals surface area contributed by atoms with Gasteiger partial charge in [-0.2, -0.15) is 0 Å². The SMILES string of the molecule is Cc1[nH]c2ccc(CNC(=O)OC(C)(C)C)cc2c1C(=O)OCc1ccccc1. The fraction of sp³-hybridized carbons (Fsp3) is 0.304. The van der Waals surface area contributed by atoms with Crippen molar-refractivity contribution in [1.29, 1.82) is 0 Å². The maximum absolute atomic E-state index is 12.7. The molecule has 6 heteroatoms. The van der Waals surface area contributed by atoms with Gasteiger partial charge in [0.2, 0.25) is 0 Å². The number of esters is 1. The van der Waals surface area contributed by atoms with Gasteiger partial charge in [-0.1, -0.05) is 36.4 Å². The number of H-pyrrole nitrogens is 1. The summed E-state index contributed by atoms with van der Waals surface area (Å²) < 4.78 is 10.8. The lowest BCUT2D eigenvalue weighted by molar-refractivity contribution is 0.0472. The molecule has 1 amide bonds. The number of aryl methyl sites for hydroxylation is 1.